The zero-order chi connectivity index (χ0) is 14.2. The molecule has 0 amide bonds. The molecule has 1 aromatic rings. The van der Waals surface area contributed by atoms with Crippen LogP contribution < -0.4 is 0 Å². The third-order valence-corrected chi connectivity index (χ3v) is 3.22. The van der Waals surface area contributed by atoms with Gasteiger partial charge in [0.05, 0.1) is 5.11 Å². The van der Waals surface area contributed by atoms with Gasteiger partial charge in [-0.2, -0.15) is 0 Å². The van der Waals surface area contributed by atoms with Crippen molar-refractivity contribution in [3.05, 3.63) is 46.6 Å². The van der Waals surface area contributed by atoms with Crippen LogP contribution in [0.5, 0.6) is 0 Å². The summed E-state index contributed by atoms with van der Waals surface area (Å²) in [6.45, 7) is 8.50. The number of halogens is 3. The van der Waals surface area contributed by atoms with Gasteiger partial charge in [-0.25, -0.2) is 8.78 Å². The van der Waals surface area contributed by atoms with Crippen LogP contribution in [0.2, 0.25) is 0 Å². The summed E-state index contributed by atoms with van der Waals surface area (Å²) in [6, 6.07) is 3.47. The minimum absolute atomic E-state index is 0.273. The zero-order valence-electron chi connectivity index (χ0n) is 10.7. The summed E-state index contributed by atoms with van der Waals surface area (Å²) in [5.41, 5.74) is 0.273. The van der Waals surface area contributed by atoms with Crippen molar-refractivity contribution in [2.24, 2.45) is 11.0 Å². The second kappa shape index (κ2) is 5.28. The molecule has 0 aromatic heterocycles. The molecule has 0 bridgehead atoms. The number of hydrogen-bond donors (Lipinski definition) is 0. The summed E-state index contributed by atoms with van der Waals surface area (Å²) >= 11 is 3.27. The Bertz CT molecular complexity index is 543. The normalized spacial score (nSPS) is 15.5. The molecular weight excluding hydrogens is 316 g/mol. The average Bonchev–Trinajstić information content (AvgIpc) is 2.55. The van der Waals surface area contributed by atoms with Crippen molar-refractivity contribution in [3.8, 4) is 0 Å². The molecule has 0 fully saturated rings. The highest BCUT2D eigenvalue weighted by Crippen LogP contribution is 2.33. The van der Waals surface area contributed by atoms with E-state index in [9.17, 15) is 8.78 Å². The van der Waals surface area contributed by atoms with Crippen molar-refractivity contribution in [1.29, 1.82) is 0 Å². The lowest BCUT2D eigenvalue weighted by molar-refractivity contribution is -0.672. The van der Waals surface area contributed by atoms with E-state index in [1.807, 2.05) is 13.8 Å². The Kier molecular flexibility index (Phi) is 3.89. The Morgan fingerprint density at radius 2 is 2.11 bits per heavy atom. The second-order valence-corrected chi connectivity index (χ2v) is 5.43. The fourth-order valence-corrected chi connectivity index (χ4v) is 2.22. The first-order valence-electron chi connectivity index (χ1n) is 5.84. The largest absolute Gasteiger partial charge is 0.433 e. The summed E-state index contributed by atoms with van der Waals surface area (Å²) in [7, 11) is 0. The van der Waals surface area contributed by atoms with Crippen LogP contribution in [-0.2, 0) is 0 Å². The molecule has 1 aliphatic rings. The maximum absolute atomic E-state index is 13.9. The maximum Gasteiger partial charge on any atom is 0.271 e. The van der Waals surface area contributed by atoms with E-state index in [1.165, 1.54) is 16.7 Å². The quantitative estimate of drug-likeness (QED) is 0.459. The van der Waals surface area contributed by atoms with Gasteiger partial charge in [-0.15, -0.1) is 6.72 Å². The van der Waals surface area contributed by atoms with E-state index >= 15 is 0 Å². The summed E-state index contributed by atoms with van der Waals surface area (Å²) < 4.78 is 30.0. The molecule has 0 radical (unpaired) electrons. The third-order valence-electron chi connectivity index (χ3n) is 2.64. The van der Waals surface area contributed by atoms with Crippen molar-refractivity contribution >= 4 is 22.6 Å². The van der Waals surface area contributed by atoms with Crippen molar-refractivity contribution in [3.63, 3.8) is 0 Å². The van der Waals surface area contributed by atoms with Gasteiger partial charge >= 0.3 is 0 Å². The number of hydrogen-bond acceptors (Lipinski definition) is 1. The van der Waals surface area contributed by atoms with Gasteiger partial charge in [0, 0.05) is 17.5 Å². The molecule has 3 nitrogen and oxygen atoms in total. The van der Waals surface area contributed by atoms with Crippen LogP contribution in [-0.4, -0.2) is 22.5 Å². The molecule has 0 atom stereocenters. The van der Waals surface area contributed by atoms with Crippen molar-refractivity contribution < 1.29 is 18.1 Å². The standard InChI is InChI=1S/C13H14BrF2N3/c1-8(2)7-19-12(18(3)13(14)17-19)10-5-4-9(15)6-11(10)16/h4-6,8H,3,7H2,1-2H3. The van der Waals surface area contributed by atoms with E-state index in [-0.39, 0.29) is 5.56 Å². The lowest BCUT2D eigenvalue weighted by atomic mass is 10.1. The Morgan fingerprint density at radius 3 is 2.68 bits per heavy atom. The van der Waals surface area contributed by atoms with Gasteiger partial charge in [-0.1, -0.05) is 40.5 Å². The molecule has 0 saturated carbocycles. The van der Waals surface area contributed by atoms with Gasteiger partial charge in [0.15, 0.2) is 6.17 Å². The summed E-state index contributed by atoms with van der Waals surface area (Å²) in [5.74, 6) is -0.894. The molecule has 0 aliphatic carbocycles. The van der Waals surface area contributed by atoms with Crippen molar-refractivity contribution in [1.82, 2.24) is 0 Å². The molecule has 0 N–H and O–H groups in total. The predicted molar refractivity (Wildman–Crippen MR) is 70.6 cm³/mol. The van der Waals surface area contributed by atoms with E-state index in [4.69, 9.17) is 0 Å². The minimum Gasteiger partial charge on any atom is -0.433 e. The fourth-order valence-electron chi connectivity index (χ4n) is 1.86. The van der Waals surface area contributed by atoms with Crippen LogP contribution >= 0.6 is 15.9 Å². The summed E-state index contributed by atoms with van der Waals surface area (Å²) in [4.78, 5) is 0. The molecule has 0 spiro atoms. The molecule has 1 aromatic carbocycles. The molecule has 102 valence electrons. The first-order chi connectivity index (χ1) is 8.90. The molecule has 19 heavy (non-hydrogen) atoms. The molecule has 1 heterocycles. The maximum atomic E-state index is 13.9. The van der Waals surface area contributed by atoms with Crippen LogP contribution in [0, 0.1) is 28.8 Å². The highest BCUT2D eigenvalue weighted by molar-refractivity contribution is 9.11. The minimum atomic E-state index is -0.630. The van der Waals surface area contributed by atoms with Crippen LogP contribution in [0.15, 0.2) is 23.3 Å². The van der Waals surface area contributed by atoms with Crippen LogP contribution in [0.1, 0.15) is 19.4 Å². The van der Waals surface area contributed by atoms with E-state index in [0.717, 1.165) is 6.07 Å². The average molecular weight is 330 g/mol. The smallest absolute Gasteiger partial charge is 0.271 e. The lowest BCUT2D eigenvalue weighted by Gasteiger charge is -2.21. The first kappa shape index (κ1) is 14.0. The molecule has 1 aliphatic heterocycles. The highest BCUT2D eigenvalue weighted by Gasteiger charge is 2.35. The van der Waals surface area contributed by atoms with Gasteiger partial charge in [0.2, 0.25) is 0 Å². The summed E-state index contributed by atoms with van der Waals surface area (Å²) in [6.07, 6.45) is 0.498. The van der Waals surface area contributed by atoms with Crippen molar-refractivity contribution in [2.75, 3.05) is 6.54 Å². The zero-order valence-corrected chi connectivity index (χ0v) is 12.3. The van der Waals surface area contributed by atoms with Crippen LogP contribution in [0.25, 0.3) is 0 Å². The van der Waals surface area contributed by atoms with Gasteiger partial charge < -0.3 is 4.58 Å². The molecular formula is C13H14BrF2N3. The number of benzene rings is 1. The molecule has 0 saturated heterocycles. The van der Waals surface area contributed by atoms with E-state index in [0.29, 0.717) is 23.7 Å². The number of rotatable bonds is 3. The monoisotopic (exact) mass is 329 g/mol. The predicted octanol–water partition coefficient (Wildman–Crippen LogP) is 3.49. The van der Waals surface area contributed by atoms with Crippen LogP contribution in [0.4, 0.5) is 8.78 Å². The van der Waals surface area contributed by atoms with E-state index < -0.39 is 11.6 Å². The van der Waals surface area contributed by atoms with E-state index in [2.05, 4.69) is 27.8 Å². The Morgan fingerprint density at radius 1 is 1.42 bits per heavy atom. The lowest BCUT2D eigenvalue weighted by Crippen LogP contribution is -2.26. The summed E-state index contributed by atoms with van der Waals surface area (Å²) in [5, 5.41) is 4.76. The highest BCUT2D eigenvalue weighted by atomic mass is 79.9. The Labute approximate surface area is 119 Å². The Hall–Kier alpha value is -1.43. The Balaban J connectivity index is 2.40. The first-order valence-corrected chi connectivity index (χ1v) is 6.64. The molecule has 6 heteroatoms. The van der Waals surface area contributed by atoms with Gasteiger partial charge in [0.1, 0.15) is 18.2 Å². The van der Waals surface area contributed by atoms with E-state index in [1.54, 1.807) is 4.70 Å². The SMILES string of the molecule is C=[N+]1[C-](Br)N=[N+](CC(C)C)[C-]1c1ccc(F)cc1F. The third kappa shape index (κ3) is 2.78. The van der Waals surface area contributed by atoms with Gasteiger partial charge in [-0.3, -0.25) is 0 Å². The topological polar surface area (TPSA) is 18.4 Å². The molecule has 2 rings (SSSR count). The second-order valence-electron chi connectivity index (χ2n) is 4.72. The molecule has 0 unspecified atom stereocenters. The fraction of sp³-hybridized carbons (Fsp3) is 0.308. The van der Waals surface area contributed by atoms with Gasteiger partial charge in [-0.05, 0) is 6.07 Å². The van der Waals surface area contributed by atoms with Crippen molar-refractivity contribution in [2.45, 2.75) is 13.8 Å². The van der Waals surface area contributed by atoms with Gasteiger partial charge in [0.25, 0.3) is 5.08 Å². The number of nitrogens with zero attached hydrogens (tertiary/aromatic N) is 3. The van der Waals surface area contributed by atoms with Crippen LogP contribution in [0.3, 0.4) is 0 Å². The number of azo groups is 2.